The van der Waals surface area contributed by atoms with E-state index >= 15 is 0 Å². The van der Waals surface area contributed by atoms with Crippen LogP contribution in [0.25, 0.3) is 0 Å². The molecule has 0 spiro atoms. The van der Waals surface area contributed by atoms with Crippen LogP contribution in [0.15, 0.2) is 24.5 Å². The van der Waals surface area contributed by atoms with Crippen molar-refractivity contribution in [2.24, 2.45) is 0 Å². The molecule has 0 bridgehead atoms. The molecular weight excluding hydrogens is 212 g/mol. The highest BCUT2D eigenvalue weighted by atomic mass is 15.2. The minimum Gasteiger partial charge on any atom is -0.314 e. The Morgan fingerprint density at radius 3 is 3.06 bits per heavy atom. The molecule has 0 aliphatic carbocycles. The van der Waals surface area contributed by atoms with Gasteiger partial charge in [0.25, 0.3) is 0 Å². The Balaban J connectivity index is 1.63. The first-order valence-electron chi connectivity index (χ1n) is 6.37. The largest absolute Gasteiger partial charge is 0.314 e. The SMILES string of the molecule is CN1CCNCC1CCNCc1ccncc1. The fraction of sp³-hybridized carbons (Fsp3) is 0.615. The predicted octanol–water partition coefficient (Wildman–Crippen LogP) is 0.465. The van der Waals surface area contributed by atoms with Crippen molar-refractivity contribution in [3.05, 3.63) is 30.1 Å². The Bertz CT molecular complexity index is 314. The smallest absolute Gasteiger partial charge is 0.0271 e. The third-order valence-electron chi connectivity index (χ3n) is 3.38. The second-order valence-corrected chi connectivity index (χ2v) is 4.66. The summed E-state index contributed by atoms with van der Waals surface area (Å²) in [6, 6.07) is 4.79. The summed E-state index contributed by atoms with van der Waals surface area (Å²) >= 11 is 0. The Morgan fingerprint density at radius 2 is 2.29 bits per heavy atom. The molecule has 1 saturated heterocycles. The first-order chi connectivity index (χ1) is 8.36. The zero-order valence-electron chi connectivity index (χ0n) is 10.5. The maximum atomic E-state index is 4.01. The number of nitrogens with one attached hydrogen (secondary N) is 2. The number of aromatic nitrogens is 1. The molecule has 0 saturated carbocycles. The average molecular weight is 234 g/mol. The lowest BCUT2D eigenvalue weighted by Crippen LogP contribution is -2.50. The van der Waals surface area contributed by atoms with Gasteiger partial charge in [-0.2, -0.15) is 0 Å². The Labute approximate surface area is 103 Å². The molecule has 0 amide bonds. The molecule has 1 fully saturated rings. The summed E-state index contributed by atoms with van der Waals surface area (Å²) in [7, 11) is 2.22. The molecule has 0 aromatic carbocycles. The van der Waals surface area contributed by atoms with Crippen molar-refractivity contribution in [2.45, 2.75) is 19.0 Å². The van der Waals surface area contributed by atoms with Crippen LogP contribution in [-0.2, 0) is 6.54 Å². The highest BCUT2D eigenvalue weighted by Gasteiger charge is 2.17. The summed E-state index contributed by atoms with van der Waals surface area (Å²) < 4.78 is 0. The second kappa shape index (κ2) is 6.69. The van der Waals surface area contributed by atoms with E-state index in [9.17, 15) is 0 Å². The van der Waals surface area contributed by atoms with E-state index in [-0.39, 0.29) is 0 Å². The van der Waals surface area contributed by atoms with E-state index in [4.69, 9.17) is 0 Å². The van der Waals surface area contributed by atoms with Gasteiger partial charge in [-0.3, -0.25) is 4.98 Å². The lowest BCUT2D eigenvalue weighted by Gasteiger charge is -2.33. The van der Waals surface area contributed by atoms with E-state index in [1.807, 2.05) is 12.4 Å². The van der Waals surface area contributed by atoms with Gasteiger partial charge in [0.05, 0.1) is 0 Å². The van der Waals surface area contributed by atoms with Crippen molar-refractivity contribution in [3.8, 4) is 0 Å². The molecule has 4 heteroatoms. The number of rotatable bonds is 5. The van der Waals surface area contributed by atoms with Gasteiger partial charge in [-0.05, 0) is 37.7 Å². The zero-order chi connectivity index (χ0) is 11.9. The lowest BCUT2D eigenvalue weighted by atomic mass is 10.1. The van der Waals surface area contributed by atoms with Gasteiger partial charge in [0.2, 0.25) is 0 Å². The van der Waals surface area contributed by atoms with Gasteiger partial charge >= 0.3 is 0 Å². The molecule has 1 unspecified atom stereocenters. The third-order valence-corrected chi connectivity index (χ3v) is 3.38. The lowest BCUT2D eigenvalue weighted by molar-refractivity contribution is 0.189. The summed E-state index contributed by atoms with van der Waals surface area (Å²) in [4.78, 5) is 6.46. The van der Waals surface area contributed by atoms with Crippen LogP contribution in [0.4, 0.5) is 0 Å². The van der Waals surface area contributed by atoms with Crippen LogP contribution in [0.3, 0.4) is 0 Å². The molecule has 1 aromatic heterocycles. The van der Waals surface area contributed by atoms with Gasteiger partial charge in [-0.1, -0.05) is 0 Å². The maximum absolute atomic E-state index is 4.01. The molecular formula is C13H22N4. The van der Waals surface area contributed by atoms with Crippen molar-refractivity contribution in [1.29, 1.82) is 0 Å². The van der Waals surface area contributed by atoms with Crippen LogP contribution in [0.5, 0.6) is 0 Å². The van der Waals surface area contributed by atoms with Crippen molar-refractivity contribution in [2.75, 3.05) is 33.2 Å². The molecule has 1 aromatic rings. The molecule has 1 atom stereocenters. The second-order valence-electron chi connectivity index (χ2n) is 4.66. The number of pyridine rings is 1. The highest BCUT2D eigenvalue weighted by Crippen LogP contribution is 2.03. The topological polar surface area (TPSA) is 40.2 Å². The highest BCUT2D eigenvalue weighted by molar-refractivity contribution is 5.08. The molecule has 2 N–H and O–H groups in total. The van der Waals surface area contributed by atoms with E-state index in [0.717, 1.165) is 32.7 Å². The van der Waals surface area contributed by atoms with Crippen molar-refractivity contribution < 1.29 is 0 Å². The quantitative estimate of drug-likeness (QED) is 0.726. The van der Waals surface area contributed by atoms with Gasteiger partial charge in [0.15, 0.2) is 0 Å². The summed E-state index contributed by atoms with van der Waals surface area (Å²) in [5, 5.41) is 6.93. The summed E-state index contributed by atoms with van der Waals surface area (Å²) in [5.74, 6) is 0. The molecule has 1 aliphatic heterocycles. The van der Waals surface area contributed by atoms with E-state index < -0.39 is 0 Å². The molecule has 2 rings (SSSR count). The monoisotopic (exact) mass is 234 g/mol. The fourth-order valence-corrected chi connectivity index (χ4v) is 2.19. The van der Waals surface area contributed by atoms with Crippen LogP contribution in [0, 0.1) is 0 Å². The molecule has 17 heavy (non-hydrogen) atoms. The van der Waals surface area contributed by atoms with E-state index in [2.05, 4.69) is 39.7 Å². The first kappa shape index (κ1) is 12.5. The standard InChI is InChI=1S/C13H22N4/c1-17-9-8-16-11-13(17)4-7-15-10-12-2-5-14-6-3-12/h2-3,5-6,13,15-16H,4,7-11H2,1H3. The average Bonchev–Trinajstić information content (AvgIpc) is 2.38. The van der Waals surface area contributed by atoms with Crippen LogP contribution in [-0.4, -0.2) is 49.2 Å². The molecule has 0 radical (unpaired) electrons. The first-order valence-corrected chi connectivity index (χ1v) is 6.37. The summed E-state index contributed by atoms with van der Waals surface area (Å²) in [6.45, 7) is 5.41. The van der Waals surface area contributed by atoms with Crippen molar-refractivity contribution >= 4 is 0 Å². The van der Waals surface area contributed by atoms with Crippen molar-refractivity contribution in [1.82, 2.24) is 20.5 Å². The predicted molar refractivity (Wildman–Crippen MR) is 69.8 cm³/mol. The summed E-state index contributed by atoms with van der Waals surface area (Å²) in [6.07, 6.45) is 4.89. The molecule has 94 valence electrons. The van der Waals surface area contributed by atoms with E-state index in [1.165, 1.54) is 12.0 Å². The minimum atomic E-state index is 0.675. The van der Waals surface area contributed by atoms with E-state index in [0.29, 0.717) is 6.04 Å². The number of hydrogen-bond acceptors (Lipinski definition) is 4. The Hall–Kier alpha value is -0.970. The van der Waals surface area contributed by atoms with Gasteiger partial charge in [0, 0.05) is 44.6 Å². The van der Waals surface area contributed by atoms with Gasteiger partial charge < -0.3 is 15.5 Å². The van der Waals surface area contributed by atoms with Crippen LogP contribution in [0.2, 0.25) is 0 Å². The fourth-order valence-electron chi connectivity index (χ4n) is 2.19. The Morgan fingerprint density at radius 1 is 1.47 bits per heavy atom. The number of nitrogens with zero attached hydrogens (tertiary/aromatic N) is 2. The van der Waals surface area contributed by atoms with Crippen LogP contribution >= 0.6 is 0 Å². The molecule has 1 aliphatic rings. The maximum Gasteiger partial charge on any atom is 0.0271 e. The molecule has 4 nitrogen and oxygen atoms in total. The molecule has 2 heterocycles. The number of hydrogen-bond donors (Lipinski definition) is 2. The third kappa shape index (κ3) is 4.07. The van der Waals surface area contributed by atoms with Gasteiger partial charge in [0.1, 0.15) is 0 Å². The summed E-state index contributed by atoms with van der Waals surface area (Å²) in [5.41, 5.74) is 1.30. The Kier molecular flexibility index (Phi) is 4.91. The minimum absolute atomic E-state index is 0.675. The van der Waals surface area contributed by atoms with Crippen LogP contribution in [0.1, 0.15) is 12.0 Å². The van der Waals surface area contributed by atoms with Gasteiger partial charge in [-0.15, -0.1) is 0 Å². The van der Waals surface area contributed by atoms with Crippen LogP contribution < -0.4 is 10.6 Å². The number of piperazine rings is 1. The normalized spacial score (nSPS) is 21.6. The van der Waals surface area contributed by atoms with Gasteiger partial charge in [-0.25, -0.2) is 0 Å². The van der Waals surface area contributed by atoms with E-state index in [1.54, 1.807) is 0 Å². The van der Waals surface area contributed by atoms with Crippen molar-refractivity contribution in [3.63, 3.8) is 0 Å². The number of likely N-dealkylation sites (N-methyl/N-ethyl adjacent to an activating group) is 1. The zero-order valence-corrected chi connectivity index (χ0v) is 10.5.